The minimum absolute atomic E-state index is 0.0296. The standard InChI is InChI=1S/C18H20N6O2/c25-13-15-11-22(21-20-15)12-17-3-1-9-23(17)18(26)14-4-6-16(7-5-14)24-10-2-8-19-24/h2,4-8,10-11,17,25H,1,3,9,12-13H2/t17-/m0/s1. The summed E-state index contributed by atoms with van der Waals surface area (Å²) in [5.41, 5.74) is 2.13. The highest BCUT2D eigenvalue weighted by atomic mass is 16.3. The molecule has 8 nitrogen and oxygen atoms in total. The van der Waals surface area contributed by atoms with E-state index in [1.54, 1.807) is 21.8 Å². The lowest BCUT2D eigenvalue weighted by Gasteiger charge is -2.24. The summed E-state index contributed by atoms with van der Waals surface area (Å²) in [4.78, 5) is 14.8. The van der Waals surface area contributed by atoms with E-state index in [4.69, 9.17) is 5.11 Å². The Bertz CT molecular complexity index is 871. The number of aliphatic hydroxyl groups is 1. The minimum atomic E-state index is -0.129. The summed E-state index contributed by atoms with van der Waals surface area (Å²) < 4.78 is 3.46. The van der Waals surface area contributed by atoms with Crippen molar-refractivity contribution in [3.05, 3.63) is 60.2 Å². The molecule has 4 rings (SSSR count). The zero-order valence-corrected chi connectivity index (χ0v) is 14.3. The first-order valence-electron chi connectivity index (χ1n) is 8.65. The van der Waals surface area contributed by atoms with Crippen LogP contribution in [0.25, 0.3) is 5.69 Å². The van der Waals surface area contributed by atoms with Gasteiger partial charge in [-0.05, 0) is 43.2 Å². The highest BCUT2D eigenvalue weighted by Crippen LogP contribution is 2.22. The van der Waals surface area contributed by atoms with Crippen molar-refractivity contribution in [3.63, 3.8) is 0 Å². The summed E-state index contributed by atoms with van der Waals surface area (Å²) in [6.45, 7) is 1.20. The van der Waals surface area contributed by atoms with Crippen LogP contribution in [-0.4, -0.2) is 53.3 Å². The lowest BCUT2D eigenvalue weighted by molar-refractivity contribution is 0.0721. The van der Waals surface area contributed by atoms with Crippen LogP contribution in [0.2, 0.25) is 0 Å². The third-order valence-electron chi connectivity index (χ3n) is 4.67. The van der Waals surface area contributed by atoms with Crippen LogP contribution in [0.15, 0.2) is 48.9 Å². The SMILES string of the molecule is O=C(c1ccc(-n2cccn2)cc1)N1CCC[C@H]1Cn1cc(CO)nn1. The van der Waals surface area contributed by atoms with Gasteiger partial charge in [-0.25, -0.2) is 4.68 Å². The molecule has 0 aliphatic carbocycles. The molecule has 1 aromatic carbocycles. The summed E-state index contributed by atoms with van der Waals surface area (Å²) in [6, 6.07) is 9.43. The van der Waals surface area contributed by atoms with Gasteiger partial charge in [0.25, 0.3) is 5.91 Å². The van der Waals surface area contributed by atoms with Gasteiger partial charge in [-0.2, -0.15) is 5.10 Å². The largest absolute Gasteiger partial charge is 0.390 e. The molecular weight excluding hydrogens is 332 g/mol. The van der Waals surface area contributed by atoms with Gasteiger partial charge in [0.05, 0.1) is 31.1 Å². The Kier molecular flexibility index (Phi) is 4.49. The number of carbonyl (C=O) groups is 1. The summed E-state index contributed by atoms with van der Waals surface area (Å²) in [7, 11) is 0. The van der Waals surface area contributed by atoms with Crippen molar-refractivity contribution in [1.82, 2.24) is 29.7 Å². The van der Waals surface area contributed by atoms with E-state index in [-0.39, 0.29) is 18.6 Å². The van der Waals surface area contributed by atoms with Crippen molar-refractivity contribution in [2.24, 2.45) is 0 Å². The van der Waals surface area contributed by atoms with Crippen molar-refractivity contribution < 1.29 is 9.90 Å². The number of amides is 1. The van der Waals surface area contributed by atoms with E-state index in [2.05, 4.69) is 15.4 Å². The number of likely N-dealkylation sites (tertiary alicyclic amines) is 1. The molecule has 1 fully saturated rings. The van der Waals surface area contributed by atoms with E-state index in [1.807, 2.05) is 41.4 Å². The summed E-state index contributed by atoms with van der Waals surface area (Å²) >= 11 is 0. The number of hydrogen-bond acceptors (Lipinski definition) is 5. The molecule has 3 aromatic rings. The third-order valence-corrected chi connectivity index (χ3v) is 4.67. The first-order chi connectivity index (χ1) is 12.7. The van der Waals surface area contributed by atoms with Crippen LogP contribution >= 0.6 is 0 Å². The molecule has 0 bridgehead atoms. The van der Waals surface area contributed by atoms with E-state index in [9.17, 15) is 4.79 Å². The highest BCUT2D eigenvalue weighted by molar-refractivity contribution is 5.94. The van der Waals surface area contributed by atoms with Crippen LogP contribution in [-0.2, 0) is 13.2 Å². The molecule has 0 radical (unpaired) electrons. The van der Waals surface area contributed by atoms with Gasteiger partial charge in [-0.15, -0.1) is 5.10 Å². The Balaban J connectivity index is 1.47. The molecule has 1 N–H and O–H groups in total. The van der Waals surface area contributed by atoms with E-state index in [0.29, 0.717) is 17.8 Å². The highest BCUT2D eigenvalue weighted by Gasteiger charge is 2.30. The van der Waals surface area contributed by atoms with E-state index in [0.717, 1.165) is 25.1 Å². The smallest absolute Gasteiger partial charge is 0.254 e. The number of rotatable bonds is 5. The van der Waals surface area contributed by atoms with Gasteiger partial charge in [0.2, 0.25) is 0 Å². The Labute approximate surface area is 150 Å². The van der Waals surface area contributed by atoms with Crippen molar-refractivity contribution in [2.75, 3.05) is 6.54 Å². The van der Waals surface area contributed by atoms with Crippen LogP contribution in [0, 0.1) is 0 Å². The first-order valence-corrected chi connectivity index (χ1v) is 8.65. The zero-order valence-electron chi connectivity index (χ0n) is 14.3. The van der Waals surface area contributed by atoms with Gasteiger partial charge in [0.1, 0.15) is 5.69 Å². The first kappa shape index (κ1) is 16.5. The molecule has 0 saturated carbocycles. The zero-order chi connectivity index (χ0) is 17.9. The third kappa shape index (κ3) is 3.23. The fourth-order valence-electron chi connectivity index (χ4n) is 3.35. The fraction of sp³-hybridized carbons (Fsp3) is 0.333. The van der Waals surface area contributed by atoms with Gasteiger partial charge in [0.15, 0.2) is 0 Å². The fourth-order valence-corrected chi connectivity index (χ4v) is 3.35. The maximum absolute atomic E-state index is 12.9. The van der Waals surface area contributed by atoms with Crippen molar-refractivity contribution in [1.29, 1.82) is 0 Å². The second-order valence-electron chi connectivity index (χ2n) is 6.38. The van der Waals surface area contributed by atoms with E-state index >= 15 is 0 Å². The van der Waals surface area contributed by atoms with Crippen molar-refractivity contribution in [2.45, 2.75) is 32.0 Å². The number of nitrogens with zero attached hydrogens (tertiary/aromatic N) is 6. The minimum Gasteiger partial charge on any atom is -0.390 e. The lowest BCUT2D eigenvalue weighted by Crippen LogP contribution is -2.38. The quantitative estimate of drug-likeness (QED) is 0.747. The molecule has 1 aliphatic heterocycles. The monoisotopic (exact) mass is 352 g/mol. The number of hydrogen-bond donors (Lipinski definition) is 1. The molecule has 3 heterocycles. The molecule has 26 heavy (non-hydrogen) atoms. The molecule has 1 aliphatic rings. The summed E-state index contributed by atoms with van der Waals surface area (Å²) in [5.74, 6) is 0.0296. The average molecular weight is 352 g/mol. The van der Waals surface area contributed by atoms with Gasteiger partial charge in [-0.3, -0.25) is 9.48 Å². The van der Waals surface area contributed by atoms with Gasteiger partial charge in [-0.1, -0.05) is 5.21 Å². The van der Waals surface area contributed by atoms with Crippen molar-refractivity contribution in [3.8, 4) is 5.69 Å². The second kappa shape index (κ2) is 7.09. The molecule has 1 amide bonds. The van der Waals surface area contributed by atoms with Crippen LogP contribution in [0.1, 0.15) is 28.9 Å². The molecule has 0 spiro atoms. The molecule has 1 atom stereocenters. The van der Waals surface area contributed by atoms with Gasteiger partial charge in [0, 0.05) is 24.5 Å². The lowest BCUT2D eigenvalue weighted by atomic mass is 10.1. The average Bonchev–Trinajstić information content (AvgIpc) is 3.43. The van der Waals surface area contributed by atoms with E-state index in [1.165, 1.54) is 0 Å². The Morgan fingerprint density at radius 1 is 1.27 bits per heavy atom. The van der Waals surface area contributed by atoms with E-state index < -0.39 is 0 Å². The summed E-state index contributed by atoms with van der Waals surface area (Å²) in [6.07, 6.45) is 7.22. The van der Waals surface area contributed by atoms with Gasteiger partial charge >= 0.3 is 0 Å². The molecule has 134 valence electrons. The number of aromatic nitrogens is 5. The Morgan fingerprint density at radius 3 is 2.81 bits per heavy atom. The molecule has 1 saturated heterocycles. The number of benzene rings is 1. The molecule has 2 aromatic heterocycles. The molecular formula is C18H20N6O2. The predicted octanol–water partition coefficient (Wildman–Crippen LogP) is 1.26. The number of aliphatic hydroxyl groups excluding tert-OH is 1. The predicted molar refractivity (Wildman–Crippen MR) is 93.6 cm³/mol. The van der Waals surface area contributed by atoms with Crippen LogP contribution in [0.4, 0.5) is 0 Å². The Hall–Kier alpha value is -3.00. The van der Waals surface area contributed by atoms with Crippen LogP contribution in [0.3, 0.4) is 0 Å². The van der Waals surface area contributed by atoms with Crippen LogP contribution in [0.5, 0.6) is 0 Å². The topological polar surface area (TPSA) is 89.1 Å². The van der Waals surface area contributed by atoms with Gasteiger partial charge < -0.3 is 10.0 Å². The molecule has 8 heteroatoms. The van der Waals surface area contributed by atoms with Crippen LogP contribution < -0.4 is 0 Å². The maximum Gasteiger partial charge on any atom is 0.254 e. The molecule has 0 unspecified atom stereocenters. The normalized spacial score (nSPS) is 17.0. The maximum atomic E-state index is 12.9. The Morgan fingerprint density at radius 2 is 2.12 bits per heavy atom. The number of carbonyl (C=O) groups excluding carboxylic acids is 1. The van der Waals surface area contributed by atoms with Crippen molar-refractivity contribution >= 4 is 5.91 Å². The second-order valence-corrected chi connectivity index (χ2v) is 6.38. The summed E-state index contributed by atoms with van der Waals surface area (Å²) in [5, 5.41) is 21.2.